The van der Waals surface area contributed by atoms with Crippen molar-refractivity contribution < 1.29 is 14.6 Å². The van der Waals surface area contributed by atoms with E-state index in [1.807, 2.05) is 24.3 Å². The molecule has 21 heavy (non-hydrogen) atoms. The summed E-state index contributed by atoms with van der Waals surface area (Å²) in [6, 6.07) is 13.3. The lowest BCUT2D eigenvalue weighted by Crippen LogP contribution is -2.11. The minimum absolute atomic E-state index is 0.0190. The van der Waals surface area contributed by atoms with Crippen LogP contribution in [-0.4, -0.2) is 18.8 Å². The van der Waals surface area contributed by atoms with Crippen molar-refractivity contribution in [1.82, 2.24) is 5.32 Å². The smallest absolute Gasteiger partial charge is 0.169 e. The van der Waals surface area contributed by atoms with Crippen LogP contribution in [0.25, 0.3) is 0 Å². The summed E-state index contributed by atoms with van der Waals surface area (Å²) in [6.07, 6.45) is 0. The summed E-state index contributed by atoms with van der Waals surface area (Å²) >= 11 is 0. The van der Waals surface area contributed by atoms with E-state index in [9.17, 15) is 0 Å². The van der Waals surface area contributed by atoms with Crippen LogP contribution in [0.1, 0.15) is 18.1 Å². The SMILES string of the molecule is CCNCc1cccc(Oc2ccc(CO)cc2OC)c1. The van der Waals surface area contributed by atoms with Crippen LogP contribution < -0.4 is 14.8 Å². The fourth-order valence-electron chi connectivity index (χ4n) is 2.01. The van der Waals surface area contributed by atoms with Gasteiger partial charge >= 0.3 is 0 Å². The largest absolute Gasteiger partial charge is 0.493 e. The van der Waals surface area contributed by atoms with Gasteiger partial charge in [-0.2, -0.15) is 0 Å². The first-order valence-corrected chi connectivity index (χ1v) is 7.02. The number of nitrogens with one attached hydrogen (secondary N) is 1. The molecule has 0 heterocycles. The second-order valence-electron chi connectivity index (χ2n) is 4.67. The molecular weight excluding hydrogens is 266 g/mol. The predicted molar refractivity (Wildman–Crippen MR) is 82.8 cm³/mol. The number of hydrogen-bond acceptors (Lipinski definition) is 4. The first kappa shape index (κ1) is 15.4. The van der Waals surface area contributed by atoms with Crippen LogP contribution in [0.4, 0.5) is 0 Å². The number of aliphatic hydroxyl groups excluding tert-OH is 1. The lowest BCUT2D eigenvalue weighted by atomic mass is 10.2. The van der Waals surface area contributed by atoms with E-state index in [4.69, 9.17) is 14.6 Å². The molecule has 0 saturated carbocycles. The van der Waals surface area contributed by atoms with E-state index < -0.39 is 0 Å². The van der Waals surface area contributed by atoms with Crippen molar-refractivity contribution in [2.45, 2.75) is 20.1 Å². The summed E-state index contributed by atoms with van der Waals surface area (Å²) in [5.41, 5.74) is 1.96. The van der Waals surface area contributed by atoms with Crippen LogP contribution in [0, 0.1) is 0 Å². The molecule has 0 bridgehead atoms. The molecule has 2 aromatic carbocycles. The standard InChI is InChI=1S/C17H21NO3/c1-3-18-11-13-5-4-6-15(9-13)21-16-8-7-14(12-19)10-17(16)20-2/h4-10,18-19H,3,11-12H2,1-2H3. The van der Waals surface area contributed by atoms with Gasteiger partial charge in [0.25, 0.3) is 0 Å². The van der Waals surface area contributed by atoms with Crippen molar-refractivity contribution >= 4 is 0 Å². The van der Waals surface area contributed by atoms with Gasteiger partial charge in [0, 0.05) is 6.54 Å². The molecule has 4 nitrogen and oxygen atoms in total. The van der Waals surface area contributed by atoms with Gasteiger partial charge in [0.05, 0.1) is 13.7 Å². The Morgan fingerprint density at radius 3 is 2.62 bits per heavy atom. The van der Waals surface area contributed by atoms with Gasteiger partial charge in [-0.25, -0.2) is 0 Å². The van der Waals surface area contributed by atoms with Gasteiger partial charge in [0.15, 0.2) is 11.5 Å². The van der Waals surface area contributed by atoms with Crippen molar-refractivity contribution in [2.24, 2.45) is 0 Å². The molecule has 0 aromatic heterocycles. The Morgan fingerprint density at radius 2 is 1.90 bits per heavy atom. The van der Waals surface area contributed by atoms with E-state index in [1.54, 1.807) is 19.2 Å². The third-order valence-electron chi connectivity index (χ3n) is 3.12. The van der Waals surface area contributed by atoms with Gasteiger partial charge in [-0.05, 0) is 41.9 Å². The molecule has 0 unspecified atom stereocenters. The molecular formula is C17H21NO3. The van der Waals surface area contributed by atoms with Gasteiger partial charge in [-0.3, -0.25) is 0 Å². The molecule has 0 atom stereocenters. The minimum atomic E-state index is -0.0190. The second kappa shape index (κ2) is 7.67. The maximum absolute atomic E-state index is 9.15. The highest BCUT2D eigenvalue weighted by Crippen LogP contribution is 2.32. The highest BCUT2D eigenvalue weighted by molar-refractivity contribution is 5.45. The van der Waals surface area contributed by atoms with E-state index >= 15 is 0 Å². The normalized spacial score (nSPS) is 10.4. The number of benzene rings is 2. The number of methoxy groups -OCH3 is 1. The van der Waals surface area contributed by atoms with Gasteiger partial charge in [-0.1, -0.05) is 25.1 Å². The average molecular weight is 287 g/mol. The Bertz CT molecular complexity index is 584. The van der Waals surface area contributed by atoms with Crippen molar-refractivity contribution in [3.05, 3.63) is 53.6 Å². The highest BCUT2D eigenvalue weighted by Gasteiger charge is 2.07. The van der Waals surface area contributed by atoms with E-state index in [-0.39, 0.29) is 6.61 Å². The van der Waals surface area contributed by atoms with E-state index in [0.29, 0.717) is 11.5 Å². The lowest BCUT2D eigenvalue weighted by Gasteiger charge is -2.12. The topological polar surface area (TPSA) is 50.7 Å². The van der Waals surface area contributed by atoms with E-state index in [0.717, 1.165) is 24.4 Å². The van der Waals surface area contributed by atoms with Crippen LogP contribution in [0.2, 0.25) is 0 Å². The Morgan fingerprint density at radius 1 is 1.05 bits per heavy atom. The van der Waals surface area contributed by atoms with Crippen molar-refractivity contribution in [2.75, 3.05) is 13.7 Å². The number of rotatable bonds is 7. The zero-order chi connectivity index (χ0) is 15.1. The zero-order valence-corrected chi connectivity index (χ0v) is 12.4. The quantitative estimate of drug-likeness (QED) is 0.821. The van der Waals surface area contributed by atoms with Crippen molar-refractivity contribution in [1.29, 1.82) is 0 Å². The van der Waals surface area contributed by atoms with Crippen LogP contribution in [0.15, 0.2) is 42.5 Å². The summed E-state index contributed by atoms with van der Waals surface area (Å²) in [4.78, 5) is 0. The second-order valence-corrected chi connectivity index (χ2v) is 4.67. The molecule has 4 heteroatoms. The van der Waals surface area contributed by atoms with Crippen LogP contribution in [0.3, 0.4) is 0 Å². The molecule has 0 fully saturated rings. The number of ether oxygens (including phenoxy) is 2. The molecule has 0 spiro atoms. The maximum Gasteiger partial charge on any atom is 0.169 e. The predicted octanol–water partition coefficient (Wildman–Crippen LogP) is 3.09. The summed E-state index contributed by atoms with van der Waals surface area (Å²) < 4.78 is 11.2. The monoisotopic (exact) mass is 287 g/mol. The summed E-state index contributed by atoms with van der Waals surface area (Å²) in [7, 11) is 1.59. The molecule has 0 saturated heterocycles. The van der Waals surface area contributed by atoms with E-state index in [1.165, 1.54) is 5.56 Å². The van der Waals surface area contributed by atoms with Crippen molar-refractivity contribution in [3.63, 3.8) is 0 Å². The van der Waals surface area contributed by atoms with Gasteiger partial charge in [0.1, 0.15) is 5.75 Å². The summed E-state index contributed by atoms with van der Waals surface area (Å²) in [5.74, 6) is 2.01. The maximum atomic E-state index is 9.15. The zero-order valence-electron chi connectivity index (χ0n) is 12.4. The Labute approximate surface area is 125 Å². The molecule has 2 N–H and O–H groups in total. The molecule has 0 aliphatic carbocycles. The lowest BCUT2D eigenvalue weighted by molar-refractivity contribution is 0.280. The molecule has 2 aromatic rings. The van der Waals surface area contributed by atoms with Gasteiger partial charge in [-0.15, -0.1) is 0 Å². The first-order valence-electron chi connectivity index (χ1n) is 7.02. The molecule has 2 rings (SSSR count). The van der Waals surface area contributed by atoms with Crippen LogP contribution in [-0.2, 0) is 13.2 Å². The Hall–Kier alpha value is -2.04. The van der Waals surface area contributed by atoms with Gasteiger partial charge in [0.2, 0.25) is 0 Å². The third kappa shape index (κ3) is 4.21. The number of hydrogen-bond donors (Lipinski definition) is 2. The molecule has 0 radical (unpaired) electrons. The van der Waals surface area contributed by atoms with Crippen molar-refractivity contribution in [3.8, 4) is 17.2 Å². The van der Waals surface area contributed by atoms with Crippen LogP contribution >= 0.6 is 0 Å². The fourth-order valence-corrected chi connectivity index (χ4v) is 2.01. The Kier molecular flexibility index (Phi) is 5.60. The molecule has 112 valence electrons. The molecule has 0 aliphatic rings. The van der Waals surface area contributed by atoms with E-state index in [2.05, 4.69) is 18.3 Å². The average Bonchev–Trinajstić information content (AvgIpc) is 2.53. The molecule has 0 aliphatic heterocycles. The summed E-state index contributed by atoms with van der Waals surface area (Å²) in [5, 5.41) is 12.4. The minimum Gasteiger partial charge on any atom is -0.493 e. The Balaban J connectivity index is 2.17. The summed E-state index contributed by atoms with van der Waals surface area (Å²) in [6.45, 7) is 3.80. The highest BCUT2D eigenvalue weighted by atomic mass is 16.5. The number of aliphatic hydroxyl groups is 1. The molecule has 0 amide bonds. The first-order chi connectivity index (χ1) is 10.3. The fraction of sp³-hybridized carbons (Fsp3) is 0.294. The van der Waals surface area contributed by atoms with Gasteiger partial charge < -0.3 is 19.9 Å². The van der Waals surface area contributed by atoms with Crippen LogP contribution in [0.5, 0.6) is 17.2 Å². The third-order valence-corrected chi connectivity index (χ3v) is 3.12.